The maximum absolute atomic E-state index is 12.4. The lowest BCUT2D eigenvalue weighted by atomic mass is 9.89. The van der Waals surface area contributed by atoms with E-state index in [4.69, 9.17) is 15.2 Å². The van der Waals surface area contributed by atoms with Crippen LogP contribution in [-0.2, 0) is 9.47 Å². The highest BCUT2D eigenvalue weighted by Gasteiger charge is 2.44. The number of nitrogens with one attached hydrogen (secondary N) is 2. The Morgan fingerprint density at radius 2 is 1.25 bits per heavy atom. The van der Waals surface area contributed by atoms with Crippen LogP contribution in [0.25, 0.3) is 0 Å². The Morgan fingerprint density at radius 3 is 1.80 bits per heavy atom. The molecule has 5 aliphatic rings. The lowest BCUT2D eigenvalue weighted by Gasteiger charge is -2.40. The molecule has 4 amide bonds. The molecule has 11 nitrogen and oxygen atoms in total. The quantitative estimate of drug-likeness (QED) is 0.406. The fraction of sp³-hybridized carbons (Fsp3) is 0.909. The molecule has 0 radical (unpaired) electrons. The third-order valence-electron chi connectivity index (χ3n) is 9.56. The van der Waals surface area contributed by atoms with Crippen LogP contribution >= 0.6 is 0 Å². The van der Waals surface area contributed by atoms with Crippen molar-refractivity contribution in [2.45, 2.75) is 166 Å². The molecule has 44 heavy (non-hydrogen) atoms. The summed E-state index contributed by atoms with van der Waals surface area (Å²) in [4.78, 5) is 42.2. The van der Waals surface area contributed by atoms with Crippen LogP contribution < -0.4 is 16.4 Å². The summed E-state index contributed by atoms with van der Waals surface area (Å²) >= 11 is 0. The van der Waals surface area contributed by atoms with Gasteiger partial charge in [0.2, 0.25) is 0 Å². The van der Waals surface area contributed by atoms with Gasteiger partial charge in [-0.1, -0.05) is 25.7 Å². The SMILES string of the molecule is CC(C)(C)OC(=O)N1CCC(N2C(=O)N[C@H]3CCCC[C@@H]32)CC1.CC(C)(C)OC(=O)N1CCC(N[C@H]2CCCC[C@@H]2N)CC1. The Bertz CT molecular complexity index is 965. The van der Waals surface area contributed by atoms with Crippen LogP contribution in [0.1, 0.15) is 119 Å². The van der Waals surface area contributed by atoms with Crippen molar-refractivity contribution in [2.24, 2.45) is 5.73 Å². The molecule has 5 fully saturated rings. The van der Waals surface area contributed by atoms with Gasteiger partial charge in [0, 0.05) is 50.3 Å². The summed E-state index contributed by atoms with van der Waals surface area (Å²) in [6, 6.07) is 2.27. The summed E-state index contributed by atoms with van der Waals surface area (Å²) in [5.41, 5.74) is 5.32. The number of carbonyl (C=O) groups is 3. The Kier molecular flexibility index (Phi) is 11.7. The van der Waals surface area contributed by atoms with E-state index in [1.54, 1.807) is 4.90 Å². The minimum Gasteiger partial charge on any atom is -0.444 e. The van der Waals surface area contributed by atoms with Gasteiger partial charge in [-0.3, -0.25) is 0 Å². The second-order valence-corrected chi connectivity index (χ2v) is 15.5. The number of urea groups is 1. The van der Waals surface area contributed by atoms with Crippen molar-refractivity contribution >= 4 is 18.2 Å². The topological polar surface area (TPSA) is 129 Å². The average Bonchev–Trinajstić information content (AvgIpc) is 3.29. The highest BCUT2D eigenvalue weighted by molar-refractivity contribution is 5.78. The third-order valence-corrected chi connectivity index (χ3v) is 9.56. The van der Waals surface area contributed by atoms with E-state index < -0.39 is 11.2 Å². The van der Waals surface area contributed by atoms with Gasteiger partial charge in [0.1, 0.15) is 11.2 Å². The summed E-state index contributed by atoms with van der Waals surface area (Å²) in [6.45, 7) is 14.3. The molecule has 0 aromatic rings. The Morgan fingerprint density at radius 1 is 0.750 bits per heavy atom. The first-order valence-corrected chi connectivity index (χ1v) is 17.3. The minimum absolute atomic E-state index is 0.0950. The second kappa shape index (κ2) is 14.9. The number of carbonyl (C=O) groups excluding carboxylic acids is 3. The number of hydrogen-bond donors (Lipinski definition) is 3. The van der Waals surface area contributed by atoms with Crippen molar-refractivity contribution in [3.05, 3.63) is 0 Å². The van der Waals surface area contributed by atoms with Crippen LogP contribution in [0.5, 0.6) is 0 Å². The molecular weight excluding hydrogens is 560 g/mol. The number of likely N-dealkylation sites (tertiary alicyclic amines) is 2. The molecule has 4 atom stereocenters. The molecule has 0 bridgehead atoms. The fourth-order valence-electron chi connectivity index (χ4n) is 7.31. The van der Waals surface area contributed by atoms with E-state index in [9.17, 15) is 14.4 Å². The monoisotopic (exact) mass is 620 g/mol. The molecule has 11 heteroatoms. The van der Waals surface area contributed by atoms with Crippen molar-refractivity contribution < 1.29 is 23.9 Å². The van der Waals surface area contributed by atoms with E-state index in [1.165, 1.54) is 32.1 Å². The van der Waals surface area contributed by atoms with Crippen LogP contribution in [0, 0.1) is 0 Å². The van der Waals surface area contributed by atoms with Gasteiger partial charge in [-0.25, -0.2) is 14.4 Å². The molecule has 4 N–H and O–H groups in total. The number of ether oxygens (including phenoxy) is 2. The predicted octanol–water partition coefficient (Wildman–Crippen LogP) is 4.97. The summed E-state index contributed by atoms with van der Waals surface area (Å²) in [5, 5.41) is 6.86. The Balaban J connectivity index is 0.000000202. The van der Waals surface area contributed by atoms with E-state index in [1.807, 2.05) is 46.4 Å². The smallest absolute Gasteiger partial charge is 0.410 e. The van der Waals surface area contributed by atoms with Crippen molar-refractivity contribution in [3.8, 4) is 0 Å². The van der Waals surface area contributed by atoms with Crippen LogP contribution in [-0.4, -0.2) is 107 Å². The largest absolute Gasteiger partial charge is 0.444 e. The number of nitrogens with zero attached hydrogens (tertiary/aromatic N) is 3. The molecule has 0 unspecified atom stereocenters. The Labute approximate surface area is 265 Å². The molecule has 2 saturated carbocycles. The molecule has 0 aromatic heterocycles. The highest BCUT2D eigenvalue weighted by atomic mass is 16.6. The lowest BCUT2D eigenvalue weighted by Crippen LogP contribution is -2.54. The molecule has 3 saturated heterocycles. The zero-order valence-electron chi connectivity index (χ0n) is 28.2. The lowest BCUT2D eigenvalue weighted by molar-refractivity contribution is 0.0148. The van der Waals surface area contributed by atoms with Crippen molar-refractivity contribution in [2.75, 3.05) is 26.2 Å². The summed E-state index contributed by atoms with van der Waals surface area (Å²) in [7, 11) is 0. The zero-order chi connectivity index (χ0) is 32.1. The summed E-state index contributed by atoms with van der Waals surface area (Å²) in [6.07, 6.45) is 12.7. The zero-order valence-corrected chi connectivity index (χ0v) is 28.2. The maximum Gasteiger partial charge on any atom is 0.410 e. The van der Waals surface area contributed by atoms with E-state index in [-0.39, 0.29) is 24.3 Å². The number of fused-ring (bicyclic) bond motifs is 1. The number of rotatable bonds is 3. The standard InChI is InChI=1S/C17H29N3O3.C16H31N3O2/c1-17(2,3)23-16(22)19-10-8-12(9-11-19)20-14-7-5-4-6-13(14)18-15(20)21;1-16(2,3)21-15(20)19-10-8-12(9-11-19)18-14-7-5-4-6-13(14)17/h12-14H,4-11H2,1-3H3,(H,18,21);12-14,18H,4-11,17H2,1-3H3/t2*13-,14-/m00/s1. The fourth-order valence-corrected chi connectivity index (χ4v) is 7.31. The van der Waals surface area contributed by atoms with Crippen molar-refractivity contribution in [1.82, 2.24) is 25.3 Å². The van der Waals surface area contributed by atoms with E-state index in [2.05, 4.69) is 15.5 Å². The van der Waals surface area contributed by atoms with Crippen LogP contribution in [0.2, 0.25) is 0 Å². The second-order valence-electron chi connectivity index (χ2n) is 15.5. The molecular formula is C33H60N6O5. The Hall–Kier alpha value is -2.27. The van der Waals surface area contributed by atoms with Gasteiger partial charge in [-0.2, -0.15) is 0 Å². The van der Waals surface area contributed by atoms with E-state index in [0.29, 0.717) is 43.3 Å². The van der Waals surface area contributed by atoms with Gasteiger partial charge in [0.15, 0.2) is 0 Å². The molecule has 3 aliphatic heterocycles. The third kappa shape index (κ3) is 9.86. The highest BCUT2D eigenvalue weighted by Crippen LogP contribution is 2.32. The van der Waals surface area contributed by atoms with Crippen LogP contribution in [0.15, 0.2) is 0 Å². The number of piperidine rings is 2. The van der Waals surface area contributed by atoms with Crippen LogP contribution in [0.3, 0.4) is 0 Å². The summed E-state index contributed by atoms with van der Waals surface area (Å²) < 4.78 is 10.9. The van der Waals surface area contributed by atoms with Crippen LogP contribution in [0.4, 0.5) is 14.4 Å². The van der Waals surface area contributed by atoms with E-state index in [0.717, 1.165) is 58.0 Å². The van der Waals surface area contributed by atoms with E-state index >= 15 is 0 Å². The van der Waals surface area contributed by atoms with Crippen molar-refractivity contribution in [3.63, 3.8) is 0 Å². The maximum atomic E-state index is 12.4. The van der Waals surface area contributed by atoms with Gasteiger partial charge in [0.25, 0.3) is 0 Å². The predicted molar refractivity (Wildman–Crippen MR) is 171 cm³/mol. The molecule has 0 spiro atoms. The van der Waals surface area contributed by atoms with Gasteiger partial charge in [-0.15, -0.1) is 0 Å². The minimum atomic E-state index is -0.460. The first-order chi connectivity index (χ1) is 20.7. The number of amides is 4. The average molecular weight is 621 g/mol. The van der Waals surface area contributed by atoms with Gasteiger partial charge in [-0.05, 0) is 92.9 Å². The first-order valence-electron chi connectivity index (χ1n) is 17.3. The normalized spacial score (nSPS) is 28.9. The van der Waals surface area contributed by atoms with Crippen molar-refractivity contribution in [1.29, 1.82) is 0 Å². The number of nitrogens with two attached hydrogens (primary N) is 1. The number of hydrogen-bond acceptors (Lipinski definition) is 7. The molecule has 5 rings (SSSR count). The molecule has 252 valence electrons. The van der Waals surface area contributed by atoms with Gasteiger partial charge < -0.3 is 40.5 Å². The van der Waals surface area contributed by atoms with Gasteiger partial charge >= 0.3 is 18.2 Å². The molecule has 0 aromatic carbocycles. The van der Waals surface area contributed by atoms with Gasteiger partial charge in [0.05, 0.1) is 12.1 Å². The molecule has 3 heterocycles. The first kappa shape index (κ1) is 34.6. The summed E-state index contributed by atoms with van der Waals surface area (Å²) in [5.74, 6) is 0. The molecule has 2 aliphatic carbocycles.